The minimum atomic E-state index is -0.857. The number of aromatic nitrogens is 4. The van der Waals surface area contributed by atoms with Gasteiger partial charge in [0.1, 0.15) is 11.6 Å². The van der Waals surface area contributed by atoms with Crippen molar-refractivity contribution in [2.75, 3.05) is 5.32 Å². The first-order valence-corrected chi connectivity index (χ1v) is 4.87. The molecule has 0 unspecified atom stereocenters. The normalized spacial score (nSPS) is 10.1. The van der Waals surface area contributed by atoms with E-state index in [0.717, 1.165) is 12.1 Å². The van der Waals surface area contributed by atoms with Crippen molar-refractivity contribution in [2.24, 2.45) is 0 Å². The zero-order chi connectivity index (χ0) is 13.0. The number of nitrogens with one attached hydrogen (secondary N) is 3. The lowest BCUT2D eigenvalue weighted by Crippen LogP contribution is -2.29. The number of hydrogen-bond acceptors (Lipinski definition) is 4. The molecule has 0 aliphatic rings. The van der Waals surface area contributed by atoms with E-state index >= 15 is 0 Å². The molecule has 9 heteroatoms. The maximum atomic E-state index is 13.2. The molecule has 7 nitrogen and oxygen atoms in total. The van der Waals surface area contributed by atoms with E-state index in [0.29, 0.717) is 6.07 Å². The highest BCUT2D eigenvalue weighted by Gasteiger charge is 2.08. The Hall–Kier alpha value is -2.58. The first-order chi connectivity index (χ1) is 8.65. The molecule has 0 fully saturated rings. The Balaban J connectivity index is 1.91. The third-order valence-corrected chi connectivity index (χ3v) is 1.98. The first-order valence-electron chi connectivity index (χ1n) is 4.87. The number of urea groups is 1. The van der Waals surface area contributed by atoms with Crippen LogP contribution in [0.3, 0.4) is 0 Å². The number of rotatable bonds is 3. The van der Waals surface area contributed by atoms with Crippen molar-refractivity contribution in [1.29, 1.82) is 0 Å². The van der Waals surface area contributed by atoms with Gasteiger partial charge in [0.05, 0.1) is 12.2 Å². The van der Waals surface area contributed by atoms with Crippen molar-refractivity contribution >= 4 is 11.7 Å². The fraction of sp³-hybridized carbons (Fsp3) is 0.111. The van der Waals surface area contributed by atoms with Crippen LogP contribution in [0.25, 0.3) is 0 Å². The Kier molecular flexibility index (Phi) is 3.41. The van der Waals surface area contributed by atoms with Crippen molar-refractivity contribution in [2.45, 2.75) is 6.54 Å². The van der Waals surface area contributed by atoms with E-state index in [4.69, 9.17) is 0 Å². The van der Waals surface area contributed by atoms with Crippen LogP contribution in [0.1, 0.15) is 5.82 Å². The number of aromatic amines is 1. The zero-order valence-electron chi connectivity index (χ0n) is 8.94. The fourth-order valence-corrected chi connectivity index (χ4v) is 1.17. The van der Waals surface area contributed by atoms with Crippen LogP contribution in [-0.4, -0.2) is 26.7 Å². The number of amides is 2. The van der Waals surface area contributed by atoms with Gasteiger partial charge in [-0.2, -0.15) is 5.21 Å². The van der Waals surface area contributed by atoms with Crippen molar-refractivity contribution in [3.63, 3.8) is 0 Å². The minimum Gasteiger partial charge on any atom is -0.330 e. The van der Waals surface area contributed by atoms with Crippen molar-refractivity contribution in [1.82, 2.24) is 25.9 Å². The molecule has 0 saturated heterocycles. The van der Waals surface area contributed by atoms with Gasteiger partial charge in [-0.05, 0) is 12.1 Å². The van der Waals surface area contributed by atoms with Crippen molar-refractivity contribution in [3.8, 4) is 0 Å². The predicted octanol–water partition coefficient (Wildman–Crippen LogP) is 0.800. The molecule has 0 radical (unpaired) electrons. The second kappa shape index (κ2) is 5.17. The number of H-pyrrole nitrogens is 1. The Labute approximate surface area is 99.6 Å². The summed E-state index contributed by atoms with van der Waals surface area (Å²) < 4.78 is 25.8. The summed E-state index contributed by atoms with van der Waals surface area (Å²) in [6.07, 6.45) is 0. The molecule has 0 saturated carbocycles. The lowest BCUT2D eigenvalue weighted by atomic mass is 10.3. The summed E-state index contributed by atoms with van der Waals surface area (Å²) in [7, 11) is 0. The van der Waals surface area contributed by atoms with Gasteiger partial charge in [0.2, 0.25) is 0 Å². The van der Waals surface area contributed by atoms with E-state index < -0.39 is 17.7 Å². The van der Waals surface area contributed by atoms with Crippen LogP contribution in [0.5, 0.6) is 0 Å². The summed E-state index contributed by atoms with van der Waals surface area (Å²) in [6, 6.07) is 2.18. The number of benzene rings is 1. The molecule has 2 rings (SSSR count). The molecule has 0 aliphatic carbocycles. The van der Waals surface area contributed by atoms with Crippen LogP contribution >= 0.6 is 0 Å². The van der Waals surface area contributed by atoms with E-state index in [2.05, 4.69) is 31.3 Å². The van der Waals surface area contributed by atoms with Gasteiger partial charge in [-0.25, -0.2) is 13.6 Å². The van der Waals surface area contributed by atoms with Gasteiger partial charge in [-0.1, -0.05) is 5.21 Å². The van der Waals surface area contributed by atoms with Gasteiger partial charge in [0.25, 0.3) is 0 Å². The Bertz CT molecular complexity index is 544. The zero-order valence-corrected chi connectivity index (χ0v) is 8.94. The van der Waals surface area contributed by atoms with Crippen LogP contribution in [0.2, 0.25) is 0 Å². The van der Waals surface area contributed by atoms with Gasteiger partial charge in [-0.15, -0.1) is 10.2 Å². The molecule has 0 atom stereocenters. The van der Waals surface area contributed by atoms with Crippen LogP contribution in [0, 0.1) is 11.6 Å². The number of anilines is 1. The molecule has 2 aromatic rings. The fourth-order valence-electron chi connectivity index (χ4n) is 1.17. The molecular weight excluding hydrogens is 246 g/mol. The molecule has 94 valence electrons. The van der Waals surface area contributed by atoms with Crippen LogP contribution in [0.4, 0.5) is 19.3 Å². The number of tetrazole rings is 1. The monoisotopic (exact) mass is 254 g/mol. The third-order valence-electron chi connectivity index (χ3n) is 1.98. The summed E-state index contributed by atoms with van der Waals surface area (Å²) in [4.78, 5) is 11.4. The summed E-state index contributed by atoms with van der Waals surface area (Å²) in [5.74, 6) is -1.29. The third kappa shape index (κ3) is 2.97. The standard InChI is InChI=1S/C9H8F2N6O/c10-5-1-2-7(6(11)3-5)13-9(18)12-4-8-14-16-17-15-8/h1-3H,4H2,(H2,12,13,18)(H,14,15,16,17). The number of carbonyl (C=O) groups excluding carboxylic acids is 1. The van der Waals surface area contributed by atoms with Crippen molar-refractivity contribution < 1.29 is 13.6 Å². The van der Waals surface area contributed by atoms with Crippen LogP contribution in [0.15, 0.2) is 18.2 Å². The topological polar surface area (TPSA) is 95.6 Å². The Morgan fingerprint density at radius 1 is 1.39 bits per heavy atom. The molecule has 0 aliphatic heterocycles. The maximum Gasteiger partial charge on any atom is 0.319 e. The molecule has 3 N–H and O–H groups in total. The summed E-state index contributed by atoms with van der Waals surface area (Å²) in [5.41, 5.74) is -0.123. The summed E-state index contributed by atoms with van der Waals surface area (Å²) >= 11 is 0. The number of hydrogen-bond donors (Lipinski definition) is 3. The summed E-state index contributed by atoms with van der Waals surface area (Å²) in [6.45, 7) is 0.0329. The molecule has 2 amide bonds. The molecule has 1 heterocycles. The van der Waals surface area contributed by atoms with Gasteiger partial charge in [0, 0.05) is 6.07 Å². The molecule has 1 aromatic carbocycles. The quantitative estimate of drug-likeness (QED) is 0.754. The van der Waals surface area contributed by atoms with E-state index in [1.807, 2.05) is 0 Å². The molecule has 0 spiro atoms. The number of halogens is 2. The van der Waals surface area contributed by atoms with Crippen molar-refractivity contribution in [3.05, 3.63) is 35.7 Å². The van der Waals surface area contributed by atoms with E-state index in [9.17, 15) is 13.6 Å². The highest BCUT2D eigenvalue weighted by atomic mass is 19.1. The van der Waals surface area contributed by atoms with E-state index in [1.54, 1.807) is 0 Å². The average molecular weight is 254 g/mol. The average Bonchev–Trinajstić information content (AvgIpc) is 2.83. The van der Waals surface area contributed by atoms with Gasteiger partial charge in [0.15, 0.2) is 5.82 Å². The lowest BCUT2D eigenvalue weighted by molar-refractivity contribution is 0.251. The SMILES string of the molecule is O=C(NCc1nn[nH]n1)Nc1ccc(F)cc1F. The second-order valence-corrected chi connectivity index (χ2v) is 3.26. The molecule has 18 heavy (non-hydrogen) atoms. The lowest BCUT2D eigenvalue weighted by Gasteiger charge is -2.06. The largest absolute Gasteiger partial charge is 0.330 e. The first kappa shape index (κ1) is 11.9. The minimum absolute atomic E-state index is 0.0329. The van der Waals surface area contributed by atoms with Crippen LogP contribution in [-0.2, 0) is 6.54 Å². The van der Waals surface area contributed by atoms with E-state index in [1.165, 1.54) is 0 Å². The van der Waals surface area contributed by atoms with Gasteiger partial charge < -0.3 is 10.6 Å². The smallest absolute Gasteiger partial charge is 0.319 e. The van der Waals surface area contributed by atoms with Gasteiger partial charge >= 0.3 is 6.03 Å². The molecule has 1 aromatic heterocycles. The van der Waals surface area contributed by atoms with Gasteiger partial charge in [-0.3, -0.25) is 0 Å². The maximum absolute atomic E-state index is 13.2. The molecule has 0 bridgehead atoms. The second-order valence-electron chi connectivity index (χ2n) is 3.26. The highest BCUT2D eigenvalue weighted by molar-refractivity contribution is 5.89. The van der Waals surface area contributed by atoms with E-state index in [-0.39, 0.29) is 18.1 Å². The Morgan fingerprint density at radius 3 is 2.89 bits per heavy atom. The van der Waals surface area contributed by atoms with Crippen LogP contribution < -0.4 is 10.6 Å². The molecular formula is C9H8F2N6O. The number of carbonyl (C=O) groups is 1. The number of nitrogens with zero attached hydrogens (tertiary/aromatic N) is 3. The highest BCUT2D eigenvalue weighted by Crippen LogP contribution is 2.14. The Morgan fingerprint density at radius 2 is 2.22 bits per heavy atom. The predicted molar refractivity (Wildman–Crippen MR) is 56.4 cm³/mol. The summed E-state index contributed by atoms with van der Waals surface area (Å²) in [5, 5.41) is 17.3.